The molecule has 27 heavy (non-hydrogen) atoms. The van der Waals surface area contributed by atoms with Crippen molar-refractivity contribution >= 4 is 58.0 Å². The van der Waals surface area contributed by atoms with Gasteiger partial charge in [0, 0.05) is 27.9 Å². The summed E-state index contributed by atoms with van der Waals surface area (Å²) < 4.78 is 0. The van der Waals surface area contributed by atoms with Crippen LogP contribution in [0.3, 0.4) is 0 Å². The van der Waals surface area contributed by atoms with E-state index in [2.05, 4.69) is 44.2 Å². The summed E-state index contributed by atoms with van der Waals surface area (Å²) in [4.78, 5) is 16.0. The van der Waals surface area contributed by atoms with Crippen LogP contribution < -0.4 is 0 Å². The van der Waals surface area contributed by atoms with Crippen LogP contribution in [0.1, 0.15) is 29.7 Å². The number of nitrogens with one attached hydrogen (secondary N) is 2. The van der Waals surface area contributed by atoms with E-state index in [0.29, 0.717) is 0 Å². The number of nitrogens with zero attached hydrogens (tertiary/aromatic N) is 2. The second kappa shape index (κ2) is 7.64. The Hall–Kier alpha value is -3.11. The minimum absolute atomic E-state index is 0.722. The van der Waals surface area contributed by atoms with Gasteiger partial charge in [-0.25, -0.2) is 9.97 Å². The van der Waals surface area contributed by atoms with Gasteiger partial charge in [-0.2, -0.15) is 0 Å². The first-order chi connectivity index (χ1) is 13.2. The van der Waals surface area contributed by atoms with E-state index in [9.17, 15) is 0 Å². The van der Waals surface area contributed by atoms with Crippen LogP contribution in [0.25, 0.3) is 46.4 Å². The predicted molar refractivity (Wildman–Crippen MR) is 115 cm³/mol. The second-order valence-electron chi connectivity index (χ2n) is 6.17. The summed E-state index contributed by atoms with van der Waals surface area (Å²) in [6.07, 6.45) is 8.09. The van der Waals surface area contributed by atoms with Crippen LogP contribution in [-0.2, 0) is 0 Å². The summed E-state index contributed by atoms with van der Waals surface area (Å²) >= 11 is 5.00. The highest BCUT2D eigenvalue weighted by Gasteiger charge is 2.01. The maximum absolute atomic E-state index is 5.00. The molecule has 5 rings (SSSR count). The fourth-order valence-corrected chi connectivity index (χ4v) is 2.94. The van der Waals surface area contributed by atoms with E-state index >= 15 is 0 Å². The van der Waals surface area contributed by atoms with E-state index in [4.69, 9.17) is 11.6 Å². The van der Waals surface area contributed by atoms with Crippen molar-refractivity contribution in [3.63, 3.8) is 0 Å². The topological polar surface area (TPSA) is 57.4 Å². The molecule has 0 aromatic carbocycles. The Morgan fingerprint density at radius 1 is 0.630 bits per heavy atom. The van der Waals surface area contributed by atoms with Crippen molar-refractivity contribution < 1.29 is 0 Å². The molecule has 0 amide bonds. The molecule has 5 heterocycles. The van der Waals surface area contributed by atoms with Crippen molar-refractivity contribution in [1.29, 1.82) is 0 Å². The number of hydrogen-bond acceptors (Lipinski definition) is 2. The number of aromatic amines is 2. The first-order valence-corrected chi connectivity index (χ1v) is 9.36. The van der Waals surface area contributed by atoms with Crippen LogP contribution >= 0.6 is 11.6 Å². The van der Waals surface area contributed by atoms with Gasteiger partial charge in [-0.1, -0.05) is 6.92 Å². The maximum atomic E-state index is 5.00. The van der Waals surface area contributed by atoms with E-state index < -0.39 is 0 Å². The number of alkyl halides is 1. The molecule has 2 aliphatic rings. The standard InChI is InChI=1S/C20H14N4.C2H5Cl/c1-2-14-10-16-5-6-18(23-16)12-20-8-7-19(24-20)11-17-4-3-15(22-17)9-13(1)21-14;1-2-3/h1-12,21,24H;2H2,1H3. The summed E-state index contributed by atoms with van der Waals surface area (Å²) in [6.45, 7) is 1.89. The van der Waals surface area contributed by atoms with Crippen molar-refractivity contribution in [2.24, 2.45) is 0 Å². The molecule has 0 radical (unpaired) electrons. The molecule has 0 fully saturated rings. The number of aromatic nitrogens is 4. The molecule has 0 atom stereocenters. The third kappa shape index (κ3) is 4.18. The van der Waals surface area contributed by atoms with Gasteiger partial charge in [0.1, 0.15) is 0 Å². The summed E-state index contributed by atoms with van der Waals surface area (Å²) in [7, 11) is 0. The van der Waals surface area contributed by atoms with Gasteiger partial charge < -0.3 is 9.97 Å². The van der Waals surface area contributed by atoms with E-state index in [1.165, 1.54) is 0 Å². The molecule has 5 heteroatoms. The van der Waals surface area contributed by atoms with Crippen LogP contribution in [0, 0.1) is 0 Å². The molecule has 134 valence electrons. The Kier molecular flexibility index (Phi) is 4.90. The van der Waals surface area contributed by atoms with Crippen LogP contribution in [-0.4, -0.2) is 25.8 Å². The van der Waals surface area contributed by atoms with Crippen molar-refractivity contribution in [2.75, 3.05) is 5.88 Å². The van der Waals surface area contributed by atoms with Gasteiger partial charge in [0.15, 0.2) is 0 Å². The van der Waals surface area contributed by atoms with Crippen LogP contribution in [0.2, 0.25) is 0 Å². The molecular weight excluding hydrogens is 356 g/mol. The van der Waals surface area contributed by atoms with Gasteiger partial charge in [-0.05, 0) is 72.8 Å². The molecule has 2 aliphatic heterocycles. The Morgan fingerprint density at radius 2 is 0.889 bits per heavy atom. The minimum atomic E-state index is 0.722. The lowest BCUT2D eigenvalue weighted by Gasteiger charge is -1.85. The van der Waals surface area contributed by atoms with Gasteiger partial charge >= 0.3 is 0 Å². The highest BCUT2D eigenvalue weighted by Crippen LogP contribution is 2.16. The molecule has 8 bridgehead atoms. The third-order valence-corrected chi connectivity index (χ3v) is 4.04. The third-order valence-electron chi connectivity index (χ3n) is 4.04. The molecular formula is C22H19ClN4. The number of halogens is 1. The van der Waals surface area contributed by atoms with Crippen molar-refractivity contribution in [2.45, 2.75) is 6.92 Å². The smallest absolute Gasteiger partial charge is 0.0658 e. The average Bonchev–Trinajstić information content (AvgIpc) is 3.41. The Bertz CT molecular complexity index is 1010. The van der Waals surface area contributed by atoms with Crippen LogP contribution in [0.5, 0.6) is 0 Å². The largest absolute Gasteiger partial charge is 0.355 e. The predicted octanol–water partition coefficient (Wildman–Crippen LogP) is 5.90. The Balaban J connectivity index is 0.000000565. The number of H-pyrrole nitrogens is 2. The molecule has 0 saturated heterocycles. The lowest BCUT2D eigenvalue weighted by molar-refractivity contribution is 1.31. The zero-order chi connectivity index (χ0) is 18.6. The van der Waals surface area contributed by atoms with E-state index in [0.717, 1.165) is 50.7 Å². The van der Waals surface area contributed by atoms with Crippen molar-refractivity contribution in [1.82, 2.24) is 19.9 Å². The number of fused-ring (bicyclic) bond motifs is 8. The quantitative estimate of drug-likeness (QED) is 0.331. The fourth-order valence-electron chi connectivity index (χ4n) is 2.94. The minimum Gasteiger partial charge on any atom is -0.355 e. The van der Waals surface area contributed by atoms with Crippen molar-refractivity contribution in [3.05, 3.63) is 71.3 Å². The van der Waals surface area contributed by atoms with Gasteiger partial charge in [-0.15, -0.1) is 11.6 Å². The highest BCUT2D eigenvalue weighted by atomic mass is 35.5. The zero-order valence-corrected chi connectivity index (χ0v) is 15.7. The Labute approximate surface area is 162 Å². The van der Waals surface area contributed by atoms with Crippen LogP contribution in [0.15, 0.2) is 48.5 Å². The first-order valence-electron chi connectivity index (χ1n) is 8.82. The summed E-state index contributed by atoms with van der Waals surface area (Å²) in [5.41, 5.74) is 7.86. The molecule has 2 N–H and O–H groups in total. The second-order valence-corrected chi connectivity index (χ2v) is 6.71. The monoisotopic (exact) mass is 374 g/mol. The van der Waals surface area contributed by atoms with Gasteiger partial charge in [0.05, 0.1) is 22.8 Å². The summed E-state index contributed by atoms with van der Waals surface area (Å²) in [6, 6.07) is 16.4. The summed E-state index contributed by atoms with van der Waals surface area (Å²) in [5, 5.41) is 0. The number of hydrogen-bond donors (Lipinski definition) is 2. The first kappa shape index (κ1) is 17.3. The van der Waals surface area contributed by atoms with Gasteiger partial charge in [-0.3, -0.25) is 0 Å². The normalized spacial score (nSPS) is 11.9. The lowest BCUT2D eigenvalue weighted by Crippen LogP contribution is -1.75. The number of rotatable bonds is 0. The van der Waals surface area contributed by atoms with Crippen LogP contribution in [0.4, 0.5) is 0 Å². The molecule has 0 spiro atoms. The molecule has 0 aliphatic carbocycles. The summed E-state index contributed by atoms with van der Waals surface area (Å²) in [5.74, 6) is 0.722. The van der Waals surface area contributed by atoms with Crippen molar-refractivity contribution in [3.8, 4) is 0 Å². The lowest BCUT2D eigenvalue weighted by atomic mass is 10.3. The fraction of sp³-hybridized carbons (Fsp3) is 0.0909. The Morgan fingerprint density at radius 3 is 1.15 bits per heavy atom. The van der Waals surface area contributed by atoms with Gasteiger partial charge in [0.2, 0.25) is 0 Å². The van der Waals surface area contributed by atoms with E-state index in [1.807, 2.05) is 55.5 Å². The van der Waals surface area contributed by atoms with Gasteiger partial charge in [0.25, 0.3) is 0 Å². The van der Waals surface area contributed by atoms with E-state index in [-0.39, 0.29) is 0 Å². The SMILES string of the molecule is C1=Cc2cc3ccc(cc4nc(cc5ccc(cc1n2)[nH]5)C=C4)[nH]3.CCCl. The molecule has 3 aromatic heterocycles. The average molecular weight is 375 g/mol. The highest BCUT2D eigenvalue weighted by molar-refractivity contribution is 6.17. The molecule has 0 saturated carbocycles. The maximum Gasteiger partial charge on any atom is 0.0658 e. The molecule has 4 nitrogen and oxygen atoms in total. The zero-order valence-electron chi connectivity index (χ0n) is 14.9. The molecule has 0 unspecified atom stereocenters. The molecule has 3 aromatic rings. The van der Waals surface area contributed by atoms with E-state index in [1.54, 1.807) is 0 Å².